The summed E-state index contributed by atoms with van der Waals surface area (Å²) in [5.41, 5.74) is 11.4. The molecule has 0 aliphatic rings. The fourth-order valence-corrected chi connectivity index (χ4v) is 3.33. The largest absolute Gasteiger partial charge is 0.366 e. The first-order chi connectivity index (χ1) is 15.7. The van der Waals surface area contributed by atoms with Crippen molar-refractivity contribution in [2.45, 2.75) is 45.2 Å². The van der Waals surface area contributed by atoms with Crippen molar-refractivity contribution < 1.29 is 19.2 Å². The molecular formula is C23H30N6O4. The number of ketones is 2. The standard InChI is InChI=1S/C23H30N6O4/c1-14(20(30)18-12-26-10-6-16(18)22(24)32)28-8-4-3-5-9-29-15(2)21(31)19-13-27-11-7-17(19)23(25)33/h6-7,10-15,28-29H,3-5,8-9H2,1-2H3,(H2,24,32)(H2,25,33). The van der Waals surface area contributed by atoms with Gasteiger partial charge >= 0.3 is 0 Å². The van der Waals surface area contributed by atoms with Gasteiger partial charge in [0.25, 0.3) is 0 Å². The third kappa shape index (κ3) is 7.26. The van der Waals surface area contributed by atoms with E-state index in [2.05, 4.69) is 20.6 Å². The van der Waals surface area contributed by atoms with E-state index in [4.69, 9.17) is 11.5 Å². The Kier molecular flexibility index (Phi) is 9.77. The van der Waals surface area contributed by atoms with E-state index in [1.807, 2.05) is 0 Å². The van der Waals surface area contributed by atoms with Crippen LogP contribution in [0.2, 0.25) is 0 Å². The maximum absolute atomic E-state index is 12.6. The van der Waals surface area contributed by atoms with E-state index >= 15 is 0 Å². The summed E-state index contributed by atoms with van der Waals surface area (Å²) < 4.78 is 0. The fraction of sp³-hybridized carbons (Fsp3) is 0.391. The molecule has 2 heterocycles. The molecule has 0 saturated heterocycles. The Labute approximate surface area is 192 Å². The Morgan fingerprint density at radius 2 is 1.12 bits per heavy atom. The van der Waals surface area contributed by atoms with Crippen LogP contribution in [0.1, 0.15) is 74.5 Å². The van der Waals surface area contributed by atoms with Crippen molar-refractivity contribution in [1.82, 2.24) is 20.6 Å². The summed E-state index contributed by atoms with van der Waals surface area (Å²) in [4.78, 5) is 56.0. The van der Waals surface area contributed by atoms with Crippen molar-refractivity contribution in [1.29, 1.82) is 0 Å². The number of hydrogen-bond donors (Lipinski definition) is 4. The molecule has 0 fully saturated rings. The van der Waals surface area contributed by atoms with Crippen LogP contribution >= 0.6 is 0 Å². The predicted molar refractivity (Wildman–Crippen MR) is 123 cm³/mol. The van der Waals surface area contributed by atoms with E-state index in [9.17, 15) is 19.2 Å². The summed E-state index contributed by atoms with van der Waals surface area (Å²) in [6.45, 7) is 4.69. The minimum atomic E-state index is -0.664. The Morgan fingerprint density at radius 1 is 0.727 bits per heavy atom. The summed E-state index contributed by atoms with van der Waals surface area (Å²) in [5.74, 6) is -1.81. The highest BCUT2D eigenvalue weighted by molar-refractivity contribution is 6.09. The molecule has 2 amide bonds. The molecule has 0 saturated carbocycles. The van der Waals surface area contributed by atoms with Gasteiger partial charge in [0.2, 0.25) is 11.8 Å². The summed E-state index contributed by atoms with van der Waals surface area (Å²) in [7, 11) is 0. The third-order valence-electron chi connectivity index (χ3n) is 5.25. The first-order valence-corrected chi connectivity index (χ1v) is 10.8. The summed E-state index contributed by atoms with van der Waals surface area (Å²) in [6.07, 6.45) is 8.08. The average Bonchev–Trinajstić information content (AvgIpc) is 2.81. The van der Waals surface area contributed by atoms with E-state index in [-0.39, 0.29) is 33.8 Å². The lowest BCUT2D eigenvalue weighted by Crippen LogP contribution is -2.36. The zero-order chi connectivity index (χ0) is 24.4. The molecule has 0 radical (unpaired) electrons. The average molecular weight is 455 g/mol. The minimum absolute atomic E-state index is 0.160. The van der Waals surface area contributed by atoms with Crippen LogP contribution in [-0.2, 0) is 0 Å². The van der Waals surface area contributed by atoms with Gasteiger partial charge in [-0.25, -0.2) is 0 Å². The second-order valence-electron chi connectivity index (χ2n) is 7.71. The lowest BCUT2D eigenvalue weighted by Gasteiger charge is -2.15. The van der Waals surface area contributed by atoms with Gasteiger partial charge in [-0.05, 0) is 51.9 Å². The molecule has 10 heteroatoms. The van der Waals surface area contributed by atoms with Gasteiger partial charge in [-0.2, -0.15) is 0 Å². The van der Waals surface area contributed by atoms with Gasteiger partial charge in [0.1, 0.15) is 0 Å². The number of Topliss-reactive ketones (excluding diaryl/α,β-unsaturated/α-hetero) is 2. The van der Waals surface area contributed by atoms with Crippen molar-refractivity contribution in [2.24, 2.45) is 11.5 Å². The number of unbranched alkanes of at least 4 members (excludes halogenated alkanes) is 2. The van der Waals surface area contributed by atoms with Crippen molar-refractivity contribution in [3.8, 4) is 0 Å². The highest BCUT2D eigenvalue weighted by Crippen LogP contribution is 2.11. The first kappa shape index (κ1) is 25.8. The van der Waals surface area contributed by atoms with E-state index in [0.29, 0.717) is 13.1 Å². The topological polar surface area (TPSA) is 170 Å². The quantitative estimate of drug-likeness (QED) is 0.240. The lowest BCUT2D eigenvalue weighted by molar-refractivity contribution is 0.0933. The molecule has 2 aromatic rings. The number of aromatic nitrogens is 2. The van der Waals surface area contributed by atoms with Gasteiger partial charge in [-0.1, -0.05) is 6.42 Å². The molecule has 2 atom stereocenters. The Hall–Kier alpha value is -3.50. The van der Waals surface area contributed by atoms with Crippen molar-refractivity contribution in [3.05, 3.63) is 59.2 Å². The van der Waals surface area contributed by atoms with Crippen molar-refractivity contribution in [2.75, 3.05) is 13.1 Å². The molecule has 2 aromatic heterocycles. The number of hydrogen-bond acceptors (Lipinski definition) is 8. The van der Waals surface area contributed by atoms with Crippen LogP contribution in [0.4, 0.5) is 0 Å². The zero-order valence-electron chi connectivity index (χ0n) is 18.8. The maximum atomic E-state index is 12.6. The minimum Gasteiger partial charge on any atom is -0.366 e. The third-order valence-corrected chi connectivity index (χ3v) is 5.25. The van der Waals surface area contributed by atoms with Gasteiger partial charge in [-0.15, -0.1) is 0 Å². The van der Waals surface area contributed by atoms with Crippen molar-refractivity contribution >= 4 is 23.4 Å². The normalized spacial score (nSPS) is 12.7. The maximum Gasteiger partial charge on any atom is 0.249 e. The Morgan fingerprint density at radius 3 is 1.48 bits per heavy atom. The van der Waals surface area contributed by atoms with Gasteiger partial charge < -0.3 is 22.1 Å². The van der Waals surface area contributed by atoms with Crippen LogP contribution in [-0.4, -0.2) is 58.5 Å². The molecule has 0 spiro atoms. The Bertz CT molecular complexity index is 930. The number of pyridine rings is 2. The zero-order valence-corrected chi connectivity index (χ0v) is 18.8. The number of amides is 2. The second-order valence-corrected chi connectivity index (χ2v) is 7.71. The number of primary amides is 2. The van der Waals surface area contributed by atoms with Gasteiger partial charge in [0, 0.05) is 24.8 Å². The molecule has 10 nitrogen and oxygen atoms in total. The van der Waals surface area contributed by atoms with Crippen LogP contribution in [0.3, 0.4) is 0 Å². The molecule has 176 valence electrons. The molecule has 0 bridgehead atoms. The van der Waals surface area contributed by atoms with E-state index in [0.717, 1.165) is 19.3 Å². The molecular weight excluding hydrogens is 424 g/mol. The first-order valence-electron chi connectivity index (χ1n) is 10.8. The van der Waals surface area contributed by atoms with Crippen LogP contribution in [0.5, 0.6) is 0 Å². The lowest BCUT2D eigenvalue weighted by atomic mass is 10.0. The number of nitrogens with zero attached hydrogens (tertiary/aromatic N) is 2. The number of rotatable bonds is 14. The molecule has 0 aromatic carbocycles. The summed E-state index contributed by atoms with van der Waals surface area (Å²) in [6, 6.07) is 1.90. The van der Waals surface area contributed by atoms with Gasteiger partial charge in [0.05, 0.1) is 34.3 Å². The van der Waals surface area contributed by atoms with Gasteiger partial charge in [0.15, 0.2) is 11.6 Å². The highest BCUT2D eigenvalue weighted by Gasteiger charge is 2.21. The molecule has 33 heavy (non-hydrogen) atoms. The second kappa shape index (κ2) is 12.5. The summed E-state index contributed by atoms with van der Waals surface area (Å²) >= 11 is 0. The number of carbonyl (C=O) groups excluding carboxylic acids is 4. The monoisotopic (exact) mass is 454 g/mol. The molecule has 0 aliphatic heterocycles. The van der Waals surface area contributed by atoms with Crippen LogP contribution in [0, 0.1) is 0 Å². The van der Waals surface area contributed by atoms with E-state index < -0.39 is 23.9 Å². The number of nitrogens with one attached hydrogen (secondary N) is 2. The van der Waals surface area contributed by atoms with E-state index in [1.54, 1.807) is 13.8 Å². The predicted octanol–water partition coefficient (Wildman–Crippen LogP) is 0.867. The highest BCUT2D eigenvalue weighted by atomic mass is 16.2. The van der Waals surface area contributed by atoms with Crippen molar-refractivity contribution in [3.63, 3.8) is 0 Å². The molecule has 0 aliphatic carbocycles. The van der Waals surface area contributed by atoms with E-state index in [1.165, 1.54) is 36.9 Å². The smallest absolute Gasteiger partial charge is 0.249 e. The number of carbonyl (C=O) groups is 4. The Balaban J connectivity index is 1.70. The van der Waals surface area contributed by atoms with Gasteiger partial charge in [-0.3, -0.25) is 29.1 Å². The molecule has 2 unspecified atom stereocenters. The van der Waals surface area contributed by atoms with Crippen LogP contribution < -0.4 is 22.1 Å². The molecule has 2 rings (SSSR count). The van der Waals surface area contributed by atoms with Crippen LogP contribution in [0.15, 0.2) is 36.9 Å². The molecule has 6 N–H and O–H groups in total. The SMILES string of the molecule is CC(NCCCCCNC(C)C(=O)c1cnccc1C(N)=O)C(=O)c1cnccc1C(N)=O. The fourth-order valence-electron chi connectivity index (χ4n) is 3.33. The van der Waals surface area contributed by atoms with Crippen LogP contribution in [0.25, 0.3) is 0 Å². The number of nitrogens with two attached hydrogens (primary N) is 2. The summed E-state index contributed by atoms with van der Waals surface area (Å²) in [5, 5.41) is 6.30.